The van der Waals surface area contributed by atoms with Crippen LogP contribution in [-0.2, 0) is 141 Å². The van der Waals surface area contributed by atoms with E-state index in [9.17, 15) is 80.2 Å². The third kappa shape index (κ3) is 25.8. The van der Waals surface area contributed by atoms with Crippen LogP contribution in [-0.4, -0.2) is 197 Å². The fraction of sp³-hybridized carbons (Fsp3) is 0.484. The lowest BCUT2D eigenvalue weighted by atomic mass is 9.88. The topological polar surface area (TPSA) is 208 Å². The number of benzene rings is 7. The molecule has 3 aliphatic heterocycles. The van der Waals surface area contributed by atoms with E-state index in [1.807, 2.05) is 91.0 Å². The summed E-state index contributed by atoms with van der Waals surface area (Å²) in [6, 6.07) is 62.8. The first kappa shape index (κ1) is 101. The highest BCUT2D eigenvalue weighted by molar-refractivity contribution is 5.75. The van der Waals surface area contributed by atoms with Gasteiger partial charge in [0.15, 0.2) is 37.2 Å². The van der Waals surface area contributed by atoms with Gasteiger partial charge in [-0.25, -0.2) is 0 Å². The molecule has 0 unspecified atom stereocenters. The number of carbonyl (C=O) groups excluding carboxylic acids is 3. The van der Waals surface area contributed by atoms with Crippen molar-refractivity contribution in [2.24, 2.45) is 5.41 Å². The van der Waals surface area contributed by atoms with Gasteiger partial charge in [0.2, 0.25) is 0 Å². The highest BCUT2D eigenvalue weighted by Crippen LogP contribution is 2.64. The van der Waals surface area contributed by atoms with Crippen molar-refractivity contribution in [3.8, 4) is 0 Å². The summed E-state index contributed by atoms with van der Waals surface area (Å²) in [6.07, 6.45) is -33.0. The summed E-state index contributed by atoms with van der Waals surface area (Å²) in [5.74, 6) is -60.2. The second-order valence-electron chi connectivity index (χ2n) is 31.3. The van der Waals surface area contributed by atoms with Gasteiger partial charge in [-0.15, -0.1) is 0 Å². The second-order valence-corrected chi connectivity index (χ2v) is 31.3. The Morgan fingerprint density at radius 2 is 0.609 bits per heavy atom. The molecule has 0 N–H and O–H groups in total. The minimum absolute atomic E-state index is 0.0196. The smallest absolute Gasteiger partial charge is 0.454 e. The Kier molecular flexibility index (Phi) is 35.7. The summed E-state index contributed by atoms with van der Waals surface area (Å²) in [7, 11) is 0. The minimum Gasteiger partial charge on any atom is -0.454 e. The van der Waals surface area contributed by atoms with Gasteiger partial charge in [0.05, 0.1) is 84.7 Å². The summed E-state index contributed by atoms with van der Waals surface area (Å²) in [4.78, 5) is 42.6. The molecule has 10 rings (SSSR count). The first-order chi connectivity index (χ1) is 60.7. The van der Waals surface area contributed by atoms with Gasteiger partial charge in [0.1, 0.15) is 54.9 Å². The number of rotatable bonds is 46. The predicted octanol–water partition coefficient (Wildman–Crippen LogP) is 18.1. The molecule has 3 aliphatic rings. The number of carbonyl (C=O) groups is 3. The molecule has 20 nitrogen and oxygen atoms in total. The van der Waals surface area contributed by atoms with Crippen LogP contribution in [0.3, 0.4) is 0 Å². The van der Waals surface area contributed by atoms with Crippen LogP contribution in [0.15, 0.2) is 224 Å². The van der Waals surface area contributed by atoms with E-state index >= 15 is 8.78 Å². The van der Waals surface area contributed by atoms with Crippen LogP contribution in [0.2, 0.25) is 0 Å². The normalized spacial score (nSPS) is 23.6. The zero-order valence-electron chi connectivity index (χ0n) is 69.7. The van der Waals surface area contributed by atoms with E-state index in [2.05, 4.69) is 0 Å². The number of esters is 3. The second kappa shape index (κ2) is 45.2. The molecule has 37 heteroatoms. The van der Waals surface area contributed by atoms with E-state index in [1.165, 1.54) is 20.8 Å². The molecule has 0 radical (unpaired) electrons. The molecular weight excluding hydrogens is 1740 g/mol. The van der Waals surface area contributed by atoms with E-state index in [0.29, 0.717) is 22.3 Å². The lowest BCUT2D eigenvalue weighted by Crippen LogP contribution is -2.74. The largest absolute Gasteiger partial charge is 0.460 e. The molecule has 0 saturated carbocycles. The number of alkyl halides is 17. The van der Waals surface area contributed by atoms with E-state index in [4.69, 9.17) is 80.5 Å². The van der Waals surface area contributed by atoms with Crippen LogP contribution in [0.4, 0.5) is 74.6 Å². The SMILES string of the molecule is CC(=O)O[C@@H]1[C@@H](OC[C@H]2O[C@H](OC/C=C\COCCCC(F)(F)C(F)(F)C(F)(F)C(F)(F)C(F)(F)C(F)(F)C(F)(F)C(F)(F)F)[C@@H](OC(=O)C(C)(C)C)[C@@H](O[C@H]3O[C@H](COCc4ccccc4)[C@@H](OCc4ccccc4)[C@H](OCc4ccccc4)[C@@H]3OC(C)=O)[C@@H]2OCc2ccccc2)O[C@H](COCc2ccccc2)[C@@H](OCc2ccccc2)[C@@H]1OCc1ccccc1. The Morgan fingerprint density at radius 3 is 0.969 bits per heavy atom. The average molecular weight is 1830 g/mol. The van der Waals surface area contributed by atoms with Gasteiger partial charge in [-0.3, -0.25) is 14.4 Å². The monoisotopic (exact) mass is 1830 g/mol. The maximum Gasteiger partial charge on any atom is 0.460 e. The molecule has 3 saturated heterocycles. The number of hydrogen-bond donors (Lipinski definition) is 0. The molecule has 700 valence electrons. The zero-order chi connectivity index (χ0) is 92.7. The first-order valence-corrected chi connectivity index (χ1v) is 40.5. The molecule has 0 amide bonds. The fourth-order valence-corrected chi connectivity index (χ4v) is 13.7. The Balaban J connectivity index is 1.03. The highest BCUT2D eigenvalue weighted by atomic mass is 19.4. The van der Waals surface area contributed by atoms with E-state index < -0.39 is 202 Å². The van der Waals surface area contributed by atoms with E-state index in [1.54, 1.807) is 121 Å². The zero-order valence-corrected chi connectivity index (χ0v) is 69.7. The Hall–Kier alpha value is -9.06. The number of halogens is 17. The lowest BCUT2D eigenvalue weighted by molar-refractivity contribution is -0.461. The van der Waals surface area contributed by atoms with E-state index in [0.717, 1.165) is 42.7 Å². The van der Waals surface area contributed by atoms with Crippen LogP contribution in [0.1, 0.15) is 86.4 Å². The Labute approximate surface area is 726 Å². The van der Waals surface area contributed by atoms with Crippen molar-refractivity contribution < 1.29 is 170 Å². The van der Waals surface area contributed by atoms with Crippen LogP contribution >= 0.6 is 0 Å². The molecule has 7 aromatic carbocycles. The van der Waals surface area contributed by atoms with Crippen molar-refractivity contribution in [3.63, 3.8) is 0 Å². The molecule has 0 spiro atoms. The molecule has 3 fully saturated rings. The summed E-state index contributed by atoms with van der Waals surface area (Å²) in [5, 5.41) is 0. The van der Waals surface area contributed by atoms with Crippen molar-refractivity contribution in [1.29, 1.82) is 0 Å². The van der Waals surface area contributed by atoms with Crippen molar-refractivity contribution in [2.45, 2.75) is 233 Å². The summed E-state index contributed by atoms with van der Waals surface area (Å²) >= 11 is 0. The van der Waals surface area contributed by atoms with Crippen LogP contribution in [0, 0.1) is 5.41 Å². The Bertz CT molecular complexity index is 4540. The van der Waals surface area contributed by atoms with Crippen LogP contribution in [0.25, 0.3) is 0 Å². The number of ether oxygens (including phenoxy) is 17. The molecule has 0 aromatic heterocycles. The third-order valence-corrected chi connectivity index (χ3v) is 20.5. The van der Waals surface area contributed by atoms with Crippen molar-refractivity contribution in [2.75, 3.05) is 39.6 Å². The summed E-state index contributed by atoms with van der Waals surface area (Å²) in [5.41, 5.74) is 3.42. The van der Waals surface area contributed by atoms with Gasteiger partial charge < -0.3 is 80.5 Å². The van der Waals surface area contributed by atoms with Gasteiger partial charge in [-0.1, -0.05) is 224 Å². The maximum absolute atomic E-state index is 15.0. The molecule has 0 bridgehead atoms. The van der Waals surface area contributed by atoms with Gasteiger partial charge >= 0.3 is 65.5 Å². The predicted molar refractivity (Wildman–Crippen MR) is 420 cm³/mol. The molecule has 128 heavy (non-hydrogen) atoms. The highest BCUT2D eigenvalue weighted by Gasteiger charge is 2.95. The van der Waals surface area contributed by atoms with Crippen molar-refractivity contribution >= 4 is 17.9 Å². The van der Waals surface area contributed by atoms with Crippen molar-refractivity contribution in [3.05, 3.63) is 263 Å². The molecule has 15 atom stereocenters. The summed E-state index contributed by atoms with van der Waals surface area (Å²) < 4.78 is 353. The van der Waals surface area contributed by atoms with Gasteiger partial charge in [-0.05, 0) is 66.1 Å². The quantitative estimate of drug-likeness (QED) is 0.0114. The van der Waals surface area contributed by atoms with Gasteiger partial charge in [0.25, 0.3) is 0 Å². The Morgan fingerprint density at radius 1 is 0.312 bits per heavy atom. The first-order valence-electron chi connectivity index (χ1n) is 40.5. The summed E-state index contributed by atoms with van der Waals surface area (Å²) in [6.45, 7) is 2.27. The van der Waals surface area contributed by atoms with Gasteiger partial charge in [-0.2, -0.15) is 74.6 Å². The van der Waals surface area contributed by atoms with Crippen molar-refractivity contribution in [1.82, 2.24) is 0 Å². The molecular formula is C91H97F17O20. The van der Waals surface area contributed by atoms with Crippen LogP contribution in [0.5, 0.6) is 0 Å². The molecule has 0 aliphatic carbocycles. The minimum atomic E-state index is -8.79. The average Bonchev–Trinajstić information content (AvgIpc) is 0.694. The van der Waals surface area contributed by atoms with E-state index in [-0.39, 0.29) is 59.5 Å². The fourth-order valence-electron chi connectivity index (χ4n) is 13.7. The number of hydrogen-bond acceptors (Lipinski definition) is 20. The molecule has 7 aromatic rings. The van der Waals surface area contributed by atoms with Crippen LogP contribution < -0.4 is 0 Å². The van der Waals surface area contributed by atoms with Gasteiger partial charge in [0, 0.05) is 26.9 Å². The lowest BCUT2D eigenvalue weighted by Gasteiger charge is -2.50. The third-order valence-electron chi connectivity index (χ3n) is 20.5. The maximum atomic E-state index is 15.0. The standard InChI is InChI=1S/C91H97F17O20/c1-58(109)122-76-73(119-53-65-40-23-11-24-41-65)70(116-50-62-34-17-8-18-35-62)67(55-113-48-60-30-13-6-14-31-60)124-80(76)121-57-69-72(118-52-64-38-21-10-22-39-64)75(127-81-77(123-59(2)110)74(120-54-66-42-25-12-26-43-66)71(117-51-63-36-19-9-20-37-63)68(126-81)56-114-49-61-32-15-7-16-33-61)78(128-82(111)83(3,4)5)79(125-69)115-47-28-27-45-112-46-29-44-84(92,93)85(94,95)86(96,97)87(98,99)88(100,101)89(102,103)90(104,105)91(106,107)108/h6-28,30-43,67-81H,29,44-57H2,1-5H3/b28-27-/t67-,68-,69-,70-,71-,72-,73+,74+,75+,76+,77+,78+,79+,80+,81-/m1/s1. The molecule has 3 heterocycles.